The van der Waals surface area contributed by atoms with Gasteiger partial charge < -0.3 is 15.4 Å². The molecule has 0 radical (unpaired) electrons. The van der Waals surface area contributed by atoms with Crippen LogP contribution in [0.4, 0.5) is 0 Å². The van der Waals surface area contributed by atoms with Gasteiger partial charge in [-0.25, -0.2) is 8.42 Å². The number of morpholine rings is 1. The molecule has 0 spiro atoms. The normalized spacial score (nSPS) is 16.8. The predicted molar refractivity (Wildman–Crippen MR) is 67.5 cm³/mol. The number of nitrogens with two attached hydrogens (primary N) is 1. The van der Waals surface area contributed by atoms with Crippen LogP contribution >= 0.6 is 12.2 Å². The summed E-state index contributed by atoms with van der Waals surface area (Å²) in [5.41, 5.74) is 5.23. The molecule has 0 aromatic carbocycles. The standard InChI is InChI=1S/C9H16N2O4S2/c10-8(16)1-6-17(13,14)7-9(12)11-2-4-15-5-3-11/h1-7H2,(H2,10,16). The van der Waals surface area contributed by atoms with Crippen LogP contribution in [0.5, 0.6) is 0 Å². The number of rotatable bonds is 5. The second kappa shape index (κ2) is 6.27. The molecule has 1 amide bonds. The Kier molecular flexibility index (Phi) is 5.29. The van der Waals surface area contributed by atoms with Crippen molar-refractivity contribution in [3.63, 3.8) is 0 Å². The van der Waals surface area contributed by atoms with Gasteiger partial charge in [0.15, 0.2) is 9.84 Å². The molecule has 0 aromatic rings. The Bertz CT molecular complexity index is 388. The highest BCUT2D eigenvalue weighted by molar-refractivity contribution is 7.92. The van der Waals surface area contributed by atoms with Crippen molar-refractivity contribution in [3.8, 4) is 0 Å². The molecule has 0 unspecified atom stereocenters. The number of thiocarbonyl (C=S) groups is 1. The average molecular weight is 280 g/mol. The van der Waals surface area contributed by atoms with E-state index in [1.54, 1.807) is 0 Å². The first kappa shape index (κ1) is 14.3. The second-order valence-corrected chi connectivity index (χ2v) is 6.51. The smallest absolute Gasteiger partial charge is 0.237 e. The molecular weight excluding hydrogens is 264 g/mol. The zero-order chi connectivity index (χ0) is 12.9. The number of hydrogen-bond acceptors (Lipinski definition) is 5. The number of sulfone groups is 1. The minimum atomic E-state index is -3.42. The summed E-state index contributed by atoms with van der Waals surface area (Å²) in [7, 11) is -3.42. The Hall–Kier alpha value is -0.730. The van der Waals surface area contributed by atoms with Crippen molar-refractivity contribution >= 4 is 33.0 Å². The van der Waals surface area contributed by atoms with Crippen LogP contribution in [-0.4, -0.2) is 62.0 Å². The van der Waals surface area contributed by atoms with E-state index in [9.17, 15) is 13.2 Å². The largest absolute Gasteiger partial charge is 0.393 e. The highest BCUT2D eigenvalue weighted by Gasteiger charge is 2.23. The van der Waals surface area contributed by atoms with Gasteiger partial charge in [0.25, 0.3) is 0 Å². The fourth-order valence-electron chi connectivity index (χ4n) is 1.42. The van der Waals surface area contributed by atoms with E-state index >= 15 is 0 Å². The van der Waals surface area contributed by atoms with Gasteiger partial charge in [-0.2, -0.15) is 0 Å². The van der Waals surface area contributed by atoms with E-state index in [0.717, 1.165) is 0 Å². The molecule has 1 heterocycles. The first-order valence-corrected chi connectivity index (χ1v) is 7.48. The third kappa shape index (κ3) is 5.42. The van der Waals surface area contributed by atoms with Crippen molar-refractivity contribution in [1.29, 1.82) is 0 Å². The zero-order valence-electron chi connectivity index (χ0n) is 9.42. The molecule has 6 nitrogen and oxygen atoms in total. The van der Waals surface area contributed by atoms with Crippen molar-refractivity contribution in [2.45, 2.75) is 6.42 Å². The first-order valence-electron chi connectivity index (χ1n) is 5.25. The summed E-state index contributed by atoms with van der Waals surface area (Å²) in [5, 5.41) is 0. The lowest BCUT2D eigenvalue weighted by molar-refractivity contribution is -0.132. The van der Waals surface area contributed by atoms with Gasteiger partial charge in [-0.1, -0.05) is 12.2 Å². The van der Waals surface area contributed by atoms with Gasteiger partial charge in [-0.05, 0) is 0 Å². The third-order valence-corrected chi connectivity index (χ3v) is 4.08. The van der Waals surface area contributed by atoms with Crippen molar-refractivity contribution in [3.05, 3.63) is 0 Å². The zero-order valence-corrected chi connectivity index (χ0v) is 11.1. The van der Waals surface area contributed by atoms with E-state index in [1.807, 2.05) is 0 Å². The maximum absolute atomic E-state index is 11.7. The fourth-order valence-corrected chi connectivity index (χ4v) is 2.89. The van der Waals surface area contributed by atoms with Crippen LogP contribution in [0.3, 0.4) is 0 Å². The predicted octanol–water partition coefficient (Wildman–Crippen LogP) is -1.06. The molecule has 1 aliphatic heterocycles. The summed E-state index contributed by atoms with van der Waals surface area (Å²) in [6.45, 7) is 1.81. The summed E-state index contributed by atoms with van der Waals surface area (Å²) in [6.07, 6.45) is 0.119. The first-order chi connectivity index (χ1) is 7.91. The number of ether oxygens (including phenoxy) is 1. The molecule has 1 fully saturated rings. The topological polar surface area (TPSA) is 89.7 Å². The van der Waals surface area contributed by atoms with E-state index in [-0.39, 0.29) is 23.1 Å². The van der Waals surface area contributed by atoms with E-state index in [4.69, 9.17) is 10.5 Å². The second-order valence-electron chi connectivity index (χ2n) is 3.80. The lowest BCUT2D eigenvalue weighted by Gasteiger charge is -2.26. The van der Waals surface area contributed by atoms with Gasteiger partial charge in [0.05, 0.1) is 24.0 Å². The Morgan fingerprint density at radius 1 is 1.35 bits per heavy atom. The van der Waals surface area contributed by atoms with Gasteiger partial charge in [0.2, 0.25) is 5.91 Å². The molecule has 98 valence electrons. The summed E-state index contributed by atoms with van der Waals surface area (Å²) in [4.78, 5) is 13.3. The lowest BCUT2D eigenvalue weighted by Crippen LogP contribution is -2.43. The van der Waals surface area contributed by atoms with Crippen LogP contribution in [0.25, 0.3) is 0 Å². The van der Waals surface area contributed by atoms with E-state index in [2.05, 4.69) is 12.2 Å². The molecule has 17 heavy (non-hydrogen) atoms. The van der Waals surface area contributed by atoms with Crippen LogP contribution in [0.2, 0.25) is 0 Å². The lowest BCUT2D eigenvalue weighted by atomic mass is 10.4. The average Bonchev–Trinajstić information content (AvgIpc) is 2.27. The van der Waals surface area contributed by atoms with Gasteiger partial charge in [-0.3, -0.25) is 4.79 Å². The number of nitrogens with zero attached hydrogens (tertiary/aromatic N) is 1. The molecule has 0 aromatic heterocycles. The fraction of sp³-hybridized carbons (Fsp3) is 0.778. The van der Waals surface area contributed by atoms with Gasteiger partial charge >= 0.3 is 0 Å². The number of carbonyl (C=O) groups excluding carboxylic acids is 1. The minimum absolute atomic E-state index is 0.119. The molecular formula is C9H16N2O4S2. The van der Waals surface area contributed by atoms with Crippen LogP contribution in [-0.2, 0) is 19.4 Å². The SMILES string of the molecule is NC(=S)CCS(=O)(=O)CC(=O)N1CCOCC1. The van der Waals surface area contributed by atoms with Crippen molar-refractivity contribution in [2.24, 2.45) is 5.73 Å². The van der Waals surface area contributed by atoms with Gasteiger partial charge in [-0.15, -0.1) is 0 Å². The summed E-state index contributed by atoms with van der Waals surface area (Å²) in [5.74, 6) is -1.02. The molecule has 0 atom stereocenters. The van der Waals surface area contributed by atoms with Gasteiger partial charge in [0.1, 0.15) is 5.75 Å². The molecule has 0 bridgehead atoms. The van der Waals surface area contributed by atoms with E-state index < -0.39 is 15.6 Å². The Labute approximate surface area is 106 Å². The van der Waals surface area contributed by atoms with Crippen LogP contribution in [0, 0.1) is 0 Å². The maximum atomic E-state index is 11.7. The molecule has 0 aliphatic carbocycles. The van der Waals surface area contributed by atoms with Crippen LogP contribution < -0.4 is 5.73 Å². The Balaban J connectivity index is 2.45. The Morgan fingerprint density at radius 2 is 1.94 bits per heavy atom. The molecule has 1 aliphatic rings. The third-order valence-electron chi connectivity index (χ3n) is 2.37. The molecule has 1 rings (SSSR count). The number of carbonyl (C=O) groups is 1. The molecule has 2 N–H and O–H groups in total. The summed E-state index contributed by atoms with van der Waals surface area (Å²) >= 11 is 4.60. The number of hydrogen-bond donors (Lipinski definition) is 1. The maximum Gasteiger partial charge on any atom is 0.237 e. The summed E-state index contributed by atoms with van der Waals surface area (Å²) in [6, 6.07) is 0. The molecule has 0 saturated carbocycles. The van der Waals surface area contributed by atoms with Gasteiger partial charge in [0, 0.05) is 19.5 Å². The van der Waals surface area contributed by atoms with Crippen LogP contribution in [0.15, 0.2) is 0 Å². The highest BCUT2D eigenvalue weighted by Crippen LogP contribution is 2.02. The molecule has 1 saturated heterocycles. The number of amides is 1. The van der Waals surface area contributed by atoms with Crippen molar-refractivity contribution in [2.75, 3.05) is 37.8 Å². The Morgan fingerprint density at radius 3 is 2.47 bits per heavy atom. The van der Waals surface area contributed by atoms with Crippen molar-refractivity contribution in [1.82, 2.24) is 4.90 Å². The minimum Gasteiger partial charge on any atom is -0.393 e. The van der Waals surface area contributed by atoms with Crippen LogP contribution in [0.1, 0.15) is 6.42 Å². The highest BCUT2D eigenvalue weighted by atomic mass is 32.2. The van der Waals surface area contributed by atoms with Crippen molar-refractivity contribution < 1.29 is 17.9 Å². The van der Waals surface area contributed by atoms with E-state index in [0.29, 0.717) is 26.3 Å². The monoisotopic (exact) mass is 280 g/mol. The molecule has 8 heteroatoms. The summed E-state index contributed by atoms with van der Waals surface area (Å²) < 4.78 is 28.3. The van der Waals surface area contributed by atoms with E-state index in [1.165, 1.54) is 4.90 Å². The quantitative estimate of drug-likeness (QED) is 0.645.